The largest absolute Gasteiger partial charge is 0.456 e. The molecule has 8 heterocycles. The highest BCUT2D eigenvalue weighted by Crippen LogP contribution is 2.56. The van der Waals surface area contributed by atoms with Gasteiger partial charge in [-0.15, -0.1) is 4.68 Å². The molecule has 0 bridgehead atoms. The van der Waals surface area contributed by atoms with Crippen LogP contribution < -0.4 is 14.0 Å². The van der Waals surface area contributed by atoms with E-state index in [1.54, 1.807) is 6.20 Å². The number of benzene rings is 3. The van der Waals surface area contributed by atoms with E-state index >= 15 is 0 Å². The maximum atomic E-state index is 6.92. The molecule has 8 aromatic rings. The number of hydrogen-bond acceptors (Lipinski definition) is 3. The van der Waals surface area contributed by atoms with Crippen molar-refractivity contribution in [1.82, 2.24) is 19.2 Å². The van der Waals surface area contributed by atoms with Gasteiger partial charge in [-0.1, -0.05) is 49.7 Å². The smallest absolute Gasteiger partial charge is 0.397 e. The molecule has 51 heavy (non-hydrogen) atoms. The summed E-state index contributed by atoms with van der Waals surface area (Å²) in [5.41, 5.74) is 14.0. The highest BCUT2D eigenvalue weighted by Gasteiger charge is 2.70. The SMILES string of the molecule is Cc1cc(-c2cccnc2)cnc1-c1c(C)n2[n+](c1C)C13c4c(cccc4-2)Oc2ccc4c5ccccc5n(c4c21)-c1cc(C(C)(C)C)cc[n+]13. The molecule has 1 spiro atoms. The van der Waals surface area contributed by atoms with Gasteiger partial charge in [0.1, 0.15) is 28.3 Å². The number of ether oxygens (including phenoxy) is 1. The van der Waals surface area contributed by atoms with E-state index in [9.17, 15) is 0 Å². The van der Waals surface area contributed by atoms with Crippen molar-refractivity contribution in [2.75, 3.05) is 0 Å². The molecule has 0 N–H and O–H groups in total. The Morgan fingerprint density at radius 3 is 2.43 bits per heavy atom. The summed E-state index contributed by atoms with van der Waals surface area (Å²) >= 11 is 0. The molecule has 0 saturated carbocycles. The van der Waals surface area contributed by atoms with Crippen LogP contribution in [-0.2, 0) is 11.1 Å². The second-order valence-corrected chi connectivity index (χ2v) is 15.3. The molecule has 3 aromatic carbocycles. The van der Waals surface area contributed by atoms with Gasteiger partial charge in [0.15, 0.2) is 11.1 Å². The van der Waals surface area contributed by atoms with Crippen molar-refractivity contribution in [3.05, 3.63) is 143 Å². The van der Waals surface area contributed by atoms with Crippen molar-refractivity contribution in [3.63, 3.8) is 0 Å². The van der Waals surface area contributed by atoms with Crippen molar-refractivity contribution in [3.8, 4) is 45.4 Å². The number of hydrogen-bond donors (Lipinski definition) is 0. The maximum absolute atomic E-state index is 6.92. The van der Waals surface area contributed by atoms with Crippen molar-refractivity contribution in [2.24, 2.45) is 0 Å². The summed E-state index contributed by atoms with van der Waals surface area (Å²) in [4.78, 5) is 9.52. The Bertz CT molecular complexity index is 2850. The van der Waals surface area contributed by atoms with Gasteiger partial charge in [-0.2, -0.15) is 9.13 Å². The van der Waals surface area contributed by atoms with Crippen LogP contribution in [0.3, 0.4) is 0 Å². The minimum Gasteiger partial charge on any atom is -0.456 e. The number of nitrogens with zero attached hydrogens (tertiary/aromatic N) is 6. The minimum atomic E-state index is -0.758. The molecule has 11 rings (SSSR count). The van der Waals surface area contributed by atoms with Gasteiger partial charge < -0.3 is 4.74 Å². The van der Waals surface area contributed by atoms with E-state index in [0.717, 1.165) is 73.5 Å². The summed E-state index contributed by atoms with van der Waals surface area (Å²) in [6, 6.07) is 30.7. The maximum Gasteiger partial charge on any atom is 0.397 e. The molecule has 3 aliphatic heterocycles. The lowest BCUT2D eigenvalue weighted by Crippen LogP contribution is -2.77. The molecule has 0 aliphatic carbocycles. The molecular weight excluding hydrogens is 629 g/mol. The molecule has 5 aromatic heterocycles. The molecule has 0 fully saturated rings. The first-order valence-electron chi connectivity index (χ1n) is 17.7. The number of para-hydroxylation sites is 1. The van der Waals surface area contributed by atoms with Gasteiger partial charge >= 0.3 is 5.66 Å². The van der Waals surface area contributed by atoms with E-state index in [4.69, 9.17) is 9.72 Å². The normalized spacial score (nSPS) is 16.3. The Labute approximate surface area is 295 Å². The Morgan fingerprint density at radius 1 is 0.784 bits per heavy atom. The molecular formula is C44H36N6O+2. The second-order valence-electron chi connectivity index (χ2n) is 15.3. The van der Waals surface area contributed by atoms with Crippen LogP contribution in [0.25, 0.3) is 55.7 Å². The lowest BCUT2D eigenvalue weighted by Gasteiger charge is -2.33. The minimum absolute atomic E-state index is 0.0376. The average Bonchev–Trinajstić information content (AvgIpc) is 3.73. The van der Waals surface area contributed by atoms with Gasteiger partial charge in [0.2, 0.25) is 5.69 Å². The third-order valence-electron chi connectivity index (χ3n) is 11.5. The number of fused-ring (bicyclic) bond motifs is 7. The molecule has 1 unspecified atom stereocenters. The predicted octanol–water partition coefficient (Wildman–Crippen LogP) is 8.53. The Balaban J connectivity index is 1.30. The van der Waals surface area contributed by atoms with E-state index in [2.05, 4.69) is 150 Å². The van der Waals surface area contributed by atoms with Crippen LogP contribution in [0.1, 0.15) is 54.4 Å². The summed E-state index contributed by atoms with van der Waals surface area (Å²) in [6.45, 7) is 13.5. The van der Waals surface area contributed by atoms with Crippen LogP contribution >= 0.6 is 0 Å². The first-order chi connectivity index (χ1) is 24.7. The molecule has 0 radical (unpaired) electrons. The van der Waals surface area contributed by atoms with Crippen LogP contribution in [0.2, 0.25) is 0 Å². The Hall–Kier alpha value is -6.08. The number of rotatable bonds is 2. The number of pyridine rings is 3. The quantitative estimate of drug-likeness (QED) is 0.174. The topological polar surface area (TPSA) is 52.6 Å². The molecule has 1 atom stereocenters. The van der Waals surface area contributed by atoms with Crippen molar-refractivity contribution in [2.45, 2.75) is 52.6 Å². The average molecular weight is 665 g/mol. The van der Waals surface area contributed by atoms with Crippen LogP contribution in [0.5, 0.6) is 11.5 Å². The number of aryl methyl sites for hydroxylation is 1. The fourth-order valence-corrected chi connectivity index (χ4v) is 9.35. The fraction of sp³-hybridized carbons (Fsp3) is 0.182. The van der Waals surface area contributed by atoms with Crippen LogP contribution in [0.15, 0.2) is 110 Å². The summed E-state index contributed by atoms with van der Waals surface area (Å²) in [7, 11) is 0. The third-order valence-corrected chi connectivity index (χ3v) is 11.5. The fourth-order valence-electron chi connectivity index (χ4n) is 9.35. The summed E-state index contributed by atoms with van der Waals surface area (Å²) in [6.07, 6.45) is 8.01. The van der Waals surface area contributed by atoms with Crippen molar-refractivity contribution in [1.29, 1.82) is 0 Å². The zero-order valence-electron chi connectivity index (χ0n) is 29.5. The first kappa shape index (κ1) is 28.7. The lowest BCUT2D eigenvalue weighted by atomic mass is 9.83. The van der Waals surface area contributed by atoms with Gasteiger partial charge in [0.05, 0.1) is 23.1 Å². The van der Waals surface area contributed by atoms with Gasteiger partial charge in [-0.25, -0.2) is 0 Å². The van der Waals surface area contributed by atoms with Crippen LogP contribution in [0.4, 0.5) is 0 Å². The highest BCUT2D eigenvalue weighted by atomic mass is 16.5. The molecule has 0 amide bonds. The van der Waals surface area contributed by atoms with E-state index < -0.39 is 5.66 Å². The van der Waals surface area contributed by atoms with Crippen LogP contribution in [-0.4, -0.2) is 19.2 Å². The van der Waals surface area contributed by atoms with Crippen molar-refractivity contribution < 1.29 is 14.0 Å². The van der Waals surface area contributed by atoms with E-state index in [-0.39, 0.29) is 5.41 Å². The summed E-state index contributed by atoms with van der Waals surface area (Å²) < 4.78 is 16.9. The number of aromatic nitrogens is 6. The van der Waals surface area contributed by atoms with Crippen molar-refractivity contribution >= 4 is 21.8 Å². The monoisotopic (exact) mass is 664 g/mol. The Kier molecular flexibility index (Phi) is 5.28. The van der Waals surface area contributed by atoms with Gasteiger partial charge in [0.25, 0.3) is 5.82 Å². The van der Waals surface area contributed by atoms with E-state index in [1.165, 1.54) is 27.4 Å². The summed E-state index contributed by atoms with van der Waals surface area (Å²) in [5, 5.41) is 2.46. The third kappa shape index (κ3) is 3.34. The molecule has 0 saturated heterocycles. The standard InChI is InChI=1S/C44H36N6O/c1-25-21-29(28-11-10-19-45-23-28)24-46-41(25)38-26(2)49-34-14-9-15-35-39(34)44(50(49)27(38)3)40-36(51-35)17-16-32-31-12-7-8-13-33(31)48(42(32)40)37-22-30(43(4,5)6)18-20-47(37)44/h7-24H,1-6H3/q+2. The lowest BCUT2D eigenvalue weighted by molar-refractivity contribution is -0.995. The van der Waals surface area contributed by atoms with E-state index in [0.29, 0.717) is 0 Å². The molecule has 7 heteroatoms. The highest BCUT2D eigenvalue weighted by molar-refractivity contribution is 6.11. The zero-order valence-corrected chi connectivity index (χ0v) is 29.5. The van der Waals surface area contributed by atoms with E-state index in [1.807, 2.05) is 18.5 Å². The van der Waals surface area contributed by atoms with Gasteiger partial charge in [-0.3, -0.25) is 9.97 Å². The van der Waals surface area contributed by atoms with Crippen LogP contribution in [0, 0.1) is 20.8 Å². The first-order valence-corrected chi connectivity index (χ1v) is 17.7. The summed E-state index contributed by atoms with van der Waals surface area (Å²) in [5.74, 6) is 2.90. The molecule has 7 nitrogen and oxygen atoms in total. The second kappa shape index (κ2) is 9.37. The molecule has 246 valence electrons. The van der Waals surface area contributed by atoms with Gasteiger partial charge in [-0.05, 0) is 85.0 Å². The van der Waals surface area contributed by atoms with Gasteiger partial charge in [0, 0.05) is 53.5 Å². The zero-order chi connectivity index (χ0) is 34.6. The Morgan fingerprint density at radius 2 is 1.63 bits per heavy atom. The molecule has 3 aliphatic rings. The predicted molar refractivity (Wildman–Crippen MR) is 198 cm³/mol.